The summed E-state index contributed by atoms with van der Waals surface area (Å²) in [6, 6.07) is 4.48. The zero-order chi connectivity index (χ0) is 17.2. The predicted molar refractivity (Wildman–Crippen MR) is 92.7 cm³/mol. The van der Waals surface area contributed by atoms with Crippen molar-refractivity contribution in [2.24, 2.45) is 5.92 Å². The van der Waals surface area contributed by atoms with Crippen LogP contribution in [0.25, 0.3) is 0 Å². The predicted octanol–water partition coefficient (Wildman–Crippen LogP) is 2.46. The van der Waals surface area contributed by atoms with E-state index in [9.17, 15) is 9.50 Å². The number of halogens is 1. The summed E-state index contributed by atoms with van der Waals surface area (Å²) >= 11 is 0. The number of methoxy groups -OCH3 is 1. The molecule has 2 atom stereocenters. The molecule has 1 aliphatic carbocycles. The first-order valence-electron chi connectivity index (χ1n) is 9.00. The average Bonchev–Trinajstić information content (AvgIpc) is 2.59. The Morgan fingerprint density at radius 3 is 2.71 bits per heavy atom. The van der Waals surface area contributed by atoms with Gasteiger partial charge in [-0.25, -0.2) is 4.39 Å². The molecule has 134 valence electrons. The van der Waals surface area contributed by atoms with Gasteiger partial charge in [-0.15, -0.1) is 0 Å². The summed E-state index contributed by atoms with van der Waals surface area (Å²) in [7, 11) is 3.73. The Morgan fingerprint density at radius 2 is 2.00 bits per heavy atom. The molecule has 0 radical (unpaired) electrons. The minimum Gasteiger partial charge on any atom is -0.496 e. The number of hydrogen-bond acceptors (Lipinski definition) is 4. The molecule has 0 amide bonds. The van der Waals surface area contributed by atoms with E-state index in [0.29, 0.717) is 17.7 Å². The number of ether oxygens (including phenoxy) is 1. The molecule has 1 saturated heterocycles. The Balaban J connectivity index is 1.84. The van der Waals surface area contributed by atoms with Crippen LogP contribution in [-0.2, 0) is 5.60 Å². The van der Waals surface area contributed by atoms with Crippen molar-refractivity contribution in [1.29, 1.82) is 0 Å². The SMILES string of the molecule is COc1ccc(F)cc1C1(O)CCCCC1CN1CCN(C)CC1. The third-order valence-electron chi connectivity index (χ3n) is 5.74. The maximum Gasteiger partial charge on any atom is 0.125 e. The molecular formula is C19H29FN2O2. The Bertz CT molecular complexity index is 560. The van der Waals surface area contributed by atoms with Crippen LogP contribution in [0.2, 0.25) is 0 Å². The number of aliphatic hydroxyl groups is 1. The van der Waals surface area contributed by atoms with E-state index >= 15 is 0 Å². The molecule has 0 aromatic heterocycles. The minimum absolute atomic E-state index is 0.116. The van der Waals surface area contributed by atoms with Crippen LogP contribution in [0, 0.1) is 11.7 Å². The molecule has 1 saturated carbocycles. The van der Waals surface area contributed by atoms with Crippen LogP contribution in [-0.4, -0.2) is 61.8 Å². The van der Waals surface area contributed by atoms with E-state index in [1.54, 1.807) is 13.2 Å². The first-order valence-corrected chi connectivity index (χ1v) is 9.00. The fourth-order valence-corrected chi connectivity index (χ4v) is 4.19. The Hall–Kier alpha value is -1.17. The number of piperazine rings is 1. The van der Waals surface area contributed by atoms with Gasteiger partial charge in [-0.1, -0.05) is 12.8 Å². The standard InChI is InChI=1S/C19H29FN2O2/c1-21-9-11-22(12-10-21)14-15-5-3-4-8-19(15,23)17-13-16(20)6-7-18(17)24-2/h6-7,13,15,23H,3-5,8-12,14H2,1-2H3. The highest BCUT2D eigenvalue weighted by molar-refractivity contribution is 5.39. The molecule has 0 bridgehead atoms. The molecule has 1 aromatic rings. The van der Waals surface area contributed by atoms with Gasteiger partial charge in [0.05, 0.1) is 12.7 Å². The van der Waals surface area contributed by atoms with E-state index in [2.05, 4.69) is 16.8 Å². The molecule has 1 aromatic carbocycles. The maximum atomic E-state index is 13.9. The zero-order valence-electron chi connectivity index (χ0n) is 14.8. The molecule has 0 spiro atoms. The van der Waals surface area contributed by atoms with Gasteiger partial charge in [-0.2, -0.15) is 0 Å². The van der Waals surface area contributed by atoms with Gasteiger partial charge in [0.1, 0.15) is 11.6 Å². The van der Waals surface area contributed by atoms with Crippen molar-refractivity contribution in [2.75, 3.05) is 46.9 Å². The smallest absolute Gasteiger partial charge is 0.125 e. The molecule has 2 fully saturated rings. The second-order valence-corrected chi connectivity index (χ2v) is 7.32. The van der Waals surface area contributed by atoms with Gasteiger partial charge in [0, 0.05) is 44.2 Å². The largest absolute Gasteiger partial charge is 0.496 e. The lowest BCUT2D eigenvalue weighted by Gasteiger charge is -2.44. The van der Waals surface area contributed by atoms with Gasteiger partial charge in [-0.3, -0.25) is 0 Å². The summed E-state index contributed by atoms with van der Waals surface area (Å²) in [6.07, 6.45) is 3.74. The first-order chi connectivity index (χ1) is 11.5. The summed E-state index contributed by atoms with van der Waals surface area (Å²) in [5.41, 5.74) is -0.390. The van der Waals surface area contributed by atoms with Gasteiger partial charge in [0.25, 0.3) is 0 Å². The van der Waals surface area contributed by atoms with E-state index in [-0.39, 0.29) is 11.7 Å². The molecule has 2 unspecified atom stereocenters. The first kappa shape index (κ1) is 17.6. The highest BCUT2D eigenvalue weighted by Crippen LogP contribution is 2.45. The van der Waals surface area contributed by atoms with Crippen LogP contribution >= 0.6 is 0 Å². The van der Waals surface area contributed by atoms with Crippen molar-refractivity contribution >= 4 is 0 Å². The molecular weight excluding hydrogens is 307 g/mol. The monoisotopic (exact) mass is 336 g/mol. The number of rotatable bonds is 4. The topological polar surface area (TPSA) is 35.9 Å². The third-order valence-corrected chi connectivity index (χ3v) is 5.74. The van der Waals surface area contributed by atoms with Crippen LogP contribution in [0.15, 0.2) is 18.2 Å². The van der Waals surface area contributed by atoms with Gasteiger partial charge in [0.15, 0.2) is 0 Å². The Kier molecular flexibility index (Phi) is 5.42. The number of hydrogen-bond donors (Lipinski definition) is 1. The number of likely N-dealkylation sites (N-methyl/N-ethyl adjacent to an activating group) is 1. The summed E-state index contributed by atoms with van der Waals surface area (Å²) in [6.45, 7) is 5.06. The summed E-state index contributed by atoms with van der Waals surface area (Å²) < 4.78 is 19.3. The molecule has 1 N–H and O–H groups in total. The van der Waals surface area contributed by atoms with Crippen molar-refractivity contribution in [3.05, 3.63) is 29.6 Å². The molecule has 1 heterocycles. The van der Waals surface area contributed by atoms with Crippen molar-refractivity contribution in [1.82, 2.24) is 9.80 Å². The van der Waals surface area contributed by atoms with Crippen LogP contribution in [0.4, 0.5) is 4.39 Å². The highest BCUT2D eigenvalue weighted by atomic mass is 19.1. The van der Waals surface area contributed by atoms with Crippen LogP contribution in [0.5, 0.6) is 5.75 Å². The quantitative estimate of drug-likeness (QED) is 0.916. The normalized spacial score (nSPS) is 29.6. The van der Waals surface area contributed by atoms with Gasteiger partial charge in [0.2, 0.25) is 0 Å². The lowest BCUT2D eigenvalue weighted by molar-refractivity contribution is -0.0698. The minimum atomic E-state index is -1.00. The molecule has 24 heavy (non-hydrogen) atoms. The van der Waals surface area contributed by atoms with Crippen molar-refractivity contribution in [3.8, 4) is 5.75 Å². The van der Waals surface area contributed by atoms with Crippen LogP contribution < -0.4 is 4.74 Å². The second kappa shape index (κ2) is 7.38. The van der Waals surface area contributed by atoms with Gasteiger partial charge >= 0.3 is 0 Å². The van der Waals surface area contributed by atoms with E-state index < -0.39 is 5.60 Å². The summed E-state index contributed by atoms with van der Waals surface area (Å²) in [4.78, 5) is 4.77. The van der Waals surface area contributed by atoms with Crippen molar-refractivity contribution < 1.29 is 14.2 Å². The van der Waals surface area contributed by atoms with Crippen molar-refractivity contribution in [2.45, 2.75) is 31.3 Å². The Morgan fingerprint density at radius 1 is 1.25 bits per heavy atom. The summed E-state index contributed by atoms with van der Waals surface area (Å²) in [5.74, 6) is 0.387. The Labute approximate surface area is 144 Å². The number of nitrogens with zero attached hydrogens (tertiary/aromatic N) is 2. The third kappa shape index (κ3) is 3.58. The average molecular weight is 336 g/mol. The molecule has 3 rings (SSSR count). The van der Waals surface area contributed by atoms with Gasteiger partial charge < -0.3 is 19.6 Å². The zero-order valence-corrected chi connectivity index (χ0v) is 14.8. The van der Waals surface area contributed by atoms with E-state index in [0.717, 1.165) is 52.0 Å². The highest BCUT2D eigenvalue weighted by Gasteiger charge is 2.43. The van der Waals surface area contributed by atoms with Crippen LogP contribution in [0.3, 0.4) is 0 Å². The fourth-order valence-electron chi connectivity index (χ4n) is 4.19. The maximum absolute atomic E-state index is 13.9. The lowest BCUT2D eigenvalue weighted by atomic mass is 9.71. The van der Waals surface area contributed by atoms with E-state index in [4.69, 9.17) is 4.74 Å². The van der Waals surface area contributed by atoms with Crippen molar-refractivity contribution in [3.63, 3.8) is 0 Å². The molecule has 4 nitrogen and oxygen atoms in total. The van der Waals surface area contributed by atoms with Crippen LogP contribution in [0.1, 0.15) is 31.2 Å². The second-order valence-electron chi connectivity index (χ2n) is 7.32. The molecule has 1 aliphatic heterocycles. The fraction of sp³-hybridized carbons (Fsp3) is 0.684. The molecule has 5 heteroatoms. The lowest BCUT2D eigenvalue weighted by Crippen LogP contribution is -2.50. The van der Waals surface area contributed by atoms with E-state index in [1.165, 1.54) is 12.1 Å². The molecule has 2 aliphatic rings. The number of benzene rings is 1. The summed E-state index contributed by atoms with van der Waals surface area (Å²) in [5, 5.41) is 11.5. The van der Waals surface area contributed by atoms with E-state index in [1.807, 2.05) is 0 Å². The van der Waals surface area contributed by atoms with Gasteiger partial charge in [-0.05, 0) is 38.1 Å².